The molecule has 2 aliphatic rings. The third-order valence-corrected chi connectivity index (χ3v) is 8.11. The lowest BCUT2D eigenvalue weighted by Crippen LogP contribution is -2.41. The number of rotatable bonds is 6. The number of anilines is 1. The van der Waals surface area contributed by atoms with Crippen LogP contribution in [0.25, 0.3) is 0 Å². The zero-order valence-corrected chi connectivity index (χ0v) is 17.1. The monoisotopic (exact) mass is 397 g/mol. The van der Waals surface area contributed by atoms with Gasteiger partial charge in [0.05, 0.1) is 17.1 Å². The lowest BCUT2D eigenvalue weighted by Gasteiger charge is -2.32. The molecule has 6 nitrogen and oxygen atoms in total. The second-order valence-electron chi connectivity index (χ2n) is 6.58. The van der Waals surface area contributed by atoms with E-state index in [1.807, 2.05) is 29.7 Å². The van der Waals surface area contributed by atoms with E-state index in [4.69, 9.17) is 0 Å². The highest BCUT2D eigenvalue weighted by Crippen LogP contribution is 2.36. The van der Waals surface area contributed by atoms with Crippen LogP contribution in [0, 0.1) is 0 Å². The fourth-order valence-electron chi connectivity index (χ4n) is 3.52. The molecule has 144 valence electrons. The van der Waals surface area contributed by atoms with E-state index in [-0.39, 0.29) is 5.91 Å². The Morgan fingerprint density at radius 1 is 1.15 bits per heavy atom. The molecule has 1 amide bonds. The number of amides is 1. The third kappa shape index (κ3) is 3.87. The molecule has 0 bridgehead atoms. The Morgan fingerprint density at radius 2 is 1.85 bits per heavy atom. The van der Waals surface area contributed by atoms with Crippen LogP contribution in [0.1, 0.15) is 26.7 Å². The molecule has 0 N–H and O–H groups in total. The summed E-state index contributed by atoms with van der Waals surface area (Å²) < 4.78 is 27.2. The summed E-state index contributed by atoms with van der Waals surface area (Å²) in [7, 11) is -3.50. The van der Waals surface area contributed by atoms with Gasteiger partial charge in [0.1, 0.15) is 0 Å². The summed E-state index contributed by atoms with van der Waals surface area (Å²) in [6.45, 7) is 7.33. The summed E-state index contributed by atoms with van der Waals surface area (Å²) in [5.41, 5.74) is 0.863. The van der Waals surface area contributed by atoms with E-state index in [0.29, 0.717) is 24.5 Å². The minimum atomic E-state index is -3.50. The molecule has 0 radical (unpaired) electrons. The van der Waals surface area contributed by atoms with E-state index in [0.717, 1.165) is 48.8 Å². The fraction of sp³-hybridized carbons (Fsp3) is 0.611. The molecule has 8 heteroatoms. The number of likely N-dealkylation sites (tertiary alicyclic amines) is 1. The summed E-state index contributed by atoms with van der Waals surface area (Å²) >= 11 is 1.72. The van der Waals surface area contributed by atoms with Crippen LogP contribution in [-0.4, -0.2) is 68.6 Å². The lowest BCUT2D eigenvalue weighted by atomic mass is 10.2. The smallest absolute Gasteiger partial charge is 0.243 e. The van der Waals surface area contributed by atoms with Gasteiger partial charge in [0, 0.05) is 43.4 Å². The molecule has 0 unspecified atom stereocenters. The number of benzene rings is 1. The molecule has 0 spiro atoms. The number of fused-ring (bicyclic) bond motifs is 1. The maximum atomic E-state index is 12.8. The van der Waals surface area contributed by atoms with Gasteiger partial charge < -0.3 is 9.80 Å². The molecule has 2 heterocycles. The topological polar surface area (TPSA) is 60.9 Å². The minimum Gasteiger partial charge on any atom is -0.360 e. The van der Waals surface area contributed by atoms with Crippen LogP contribution >= 0.6 is 11.8 Å². The van der Waals surface area contributed by atoms with Crippen molar-refractivity contribution in [1.29, 1.82) is 0 Å². The fourth-order valence-corrected chi connectivity index (χ4v) is 6.03. The SMILES string of the molecule is CCN(CC)S(=O)(=O)c1ccc2c(c1)N(CC(=O)N1CCCC1)CCS2. The molecule has 1 aromatic carbocycles. The Balaban J connectivity index is 1.87. The first-order valence-electron chi connectivity index (χ1n) is 9.27. The van der Waals surface area contributed by atoms with Crippen LogP contribution in [0.3, 0.4) is 0 Å². The first-order chi connectivity index (χ1) is 12.5. The predicted octanol–water partition coefficient (Wildman–Crippen LogP) is 2.25. The molecule has 0 saturated carbocycles. The van der Waals surface area contributed by atoms with Gasteiger partial charge >= 0.3 is 0 Å². The van der Waals surface area contributed by atoms with Crippen LogP contribution in [0.15, 0.2) is 28.0 Å². The molecule has 0 aromatic heterocycles. The first-order valence-corrected chi connectivity index (χ1v) is 11.7. The van der Waals surface area contributed by atoms with Gasteiger partial charge in [-0.1, -0.05) is 13.8 Å². The van der Waals surface area contributed by atoms with E-state index in [1.54, 1.807) is 23.9 Å². The number of sulfonamides is 1. The van der Waals surface area contributed by atoms with Crippen molar-refractivity contribution in [1.82, 2.24) is 9.21 Å². The van der Waals surface area contributed by atoms with Crippen LogP contribution in [0.5, 0.6) is 0 Å². The zero-order valence-electron chi connectivity index (χ0n) is 15.5. The van der Waals surface area contributed by atoms with Crippen LogP contribution in [0.2, 0.25) is 0 Å². The van der Waals surface area contributed by atoms with Crippen molar-refractivity contribution in [3.05, 3.63) is 18.2 Å². The van der Waals surface area contributed by atoms with E-state index in [1.165, 1.54) is 4.31 Å². The Morgan fingerprint density at radius 3 is 2.50 bits per heavy atom. The molecule has 1 saturated heterocycles. The van der Waals surface area contributed by atoms with Gasteiger partial charge in [-0.05, 0) is 31.0 Å². The quantitative estimate of drug-likeness (QED) is 0.737. The molecular formula is C18H27N3O3S2. The molecule has 26 heavy (non-hydrogen) atoms. The van der Waals surface area contributed by atoms with E-state index < -0.39 is 10.0 Å². The largest absolute Gasteiger partial charge is 0.360 e. The van der Waals surface area contributed by atoms with Crippen LogP contribution in [-0.2, 0) is 14.8 Å². The van der Waals surface area contributed by atoms with Gasteiger partial charge in [-0.2, -0.15) is 4.31 Å². The molecule has 1 fully saturated rings. The van der Waals surface area contributed by atoms with Gasteiger partial charge in [-0.15, -0.1) is 11.8 Å². The molecule has 0 atom stereocenters. The normalized spacial score (nSPS) is 17.7. The van der Waals surface area contributed by atoms with Crippen LogP contribution in [0.4, 0.5) is 5.69 Å². The lowest BCUT2D eigenvalue weighted by molar-refractivity contribution is -0.128. The van der Waals surface area contributed by atoms with Crippen molar-refractivity contribution in [2.45, 2.75) is 36.5 Å². The summed E-state index contributed by atoms with van der Waals surface area (Å²) in [6, 6.07) is 5.31. The highest BCUT2D eigenvalue weighted by Gasteiger charge is 2.27. The number of carbonyl (C=O) groups is 1. The van der Waals surface area contributed by atoms with Crippen molar-refractivity contribution < 1.29 is 13.2 Å². The van der Waals surface area contributed by atoms with Gasteiger partial charge in [-0.3, -0.25) is 4.79 Å². The number of nitrogens with zero attached hydrogens (tertiary/aromatic N) is 3. The Hall–Kier alpha value is -1.25. The maximum absolute atomic E-state index is 12.8. The number of thioether (sulfide) groups is 1. The average Bonchev–Trinajstić information content (AvgIpc) is 3.17. The van der Waals surface area contributed by atoms with Crippen LogP contribution < -0.4 is 4.90 Å². The predicted molar refractivity (Wildman–Crippen MR) is 105 cm³/mol. The Labute approximate surface area is 160 Å². The summed E-state index contributed by atoms with van der Waals surface area (Å²) in [4.78, 5) is 17.9. The molecule has 1 aromatic rings. The van der Waals surface area contributed by atoms with Gasteiger partial charge in [0.2, 0.25) is 15.9 Å². The van der Waals surface area contributed by atoms with Crippen molar-refractivity contribution in [3.63, 3.8) is 0 Å². The van der Waals surface area contributed by atoms with Crippen molar-refractivity contribution in [2.24, 2.45) is 0 Å². The van der Waals surface area contributed by atoms with E-state index in [2.05, 4.69) is 0 Å². The van der Waals surface area contributed by atoms with Gasteiger partial charge in [-0.25, -0.2) is 8.42 Å². The Kier molecular flexibility index (Phi) is 6.14. The second kappa shape index (κ2) is 8.19. The highest BCUT2D eigenvalue weighted by molar-refractivity contribution is 7.99. The average molecular weight is 398 g/mol. The number of carbonyl (C=O) groups excluding carboxylic acids is 1. The van der Waals surface area contributed by atoms with Crippen molar-refractivity contribution in [3.8, 4) is 0 Å². The summed E-state index contributed by atoms with van der Waals surface area (Å²) in [5, 5.41) is 0. The molecule has 3 rings (SSSR count). The molecule has 2 aliphatic heterocycles. The second-order valence-corrected chi connectivity index (χ2v) is 9.65. The van der Waals surface area contributed by atoms with Crippen molar-refractivity contribution >= 4 is 33.4 Å². The summed E-state index contributed by atoms with van der Waals surface area (Å²) in [6.07, 6.45) is 2.15. The Bertz CT molecular complexity index is 757. The van der Waals surface area contributed by atoms with E-state index in [9.17, 15) is 13.2 Å². The minimum absolute atomic E-state index is 0.136. The maximum Gasteiger partial charge on any atom is 0.243 e. The van der Waals surface area contributed by atoms with Gasteiger partial charge in [0.25, 0.3) is 0 Å². The molecular weight excluding hydrogens is 370 g/mol. The third-order valence-electron chi connectivity index (χ3n) is 5.02. The highest BCUT2D eigenvalue weighted by atomic mass is 32.2. The first kappa shape index (κ1) is 19.5. The standard InChI is InChI=1S/C18H27N3O3S2/c1-3-21(4-2)26(23,24)15-7-8-17-16(13-15)20(11-12-25-17)14-18(22)19-9-5-6-10-19/h7-8,13H,3-6,9-12,14H2,1-2H3. The summed E-state index contributed by atoms with van der Waals surface area (Å²) in [5.74, 6) is 1.04. The zero-order chi connectivity index (χ0) is 18.7. The number of hydrogen-bond acceptors (Lipinski definition) is 5. The van der Waals surface area contributed by atoms with Crippen molar-refractivity contribution in [2.75, 3.05) is 49.9 Å². The molecule has 0 aliphatic carbocycles. The number of hydrogen-bond donors (Lipinski definition) is 0. The van der Waals surface area contributed by atoms with Gasteiger partial charge in [0.15, 0.2) is 0 Å². The van der Waals surface area contributed by atoms with E-state index >= 15 is 0 Å².